The minimum atomic E-state index is -0.0192. The van der Waals surface area contributed by atoms with E-state index in [4.69, 9.17) is 0 Å². The van der Waals surface area contributed by atoms with Crippen molar-refractivity contribution in [2.24, 2.45) is 5.92 Å². The van der Waals surface area contributed by atoms with Crippen LogP contribution in [0, 0.1) is 11.1 Å². The SMILES string of the molecule is O=C(c1cc[n+]([O-])cc1)N(Cc1cccnc1)C[C@@H]1CCCN(C2CCCCC2)C1. The molecule has 0 bridgehead atoms. The van der Waals surface area contributed by atoms with Gasteiger partial charge in [0, 0.05) is 50.2 Å². The Morgan fingerprint density at radius 3 is 2.67 bits per heavy atom. The topological polar surface area (TPSA) is 63.4 Å². The Morgan fingerprint density at radius 1 is 1.13 bits per heavy atom. The Labute approximate surface area is 179 Å². The van der Waals surface area contributed by atoms with Crippen molar-refractivity contribution in [2.45, 2.75) is 57.5 Å². The first-order chi connectivity index (χ1) is 14.7. The molecule has 1 atom stereocenters. The van der Waals surface area contributed by atoms with Gasteiger partial charge in [0.2, 0.25) is 0 Å². The third-order valence-corrected chi connectivity index (χ3v) is 6.55. The molecule has 1 amide bonds. The number of piperidine rings is 1. The van der Waals surface area contributed by atoms with Gasteiger partial charge in [0.1, 0.15) is 0 Å². The van der Waals surface area contributed by atoms with Gasteiger partial charge in [0.05, 0.1) is 5.56 Å². The molecule has 2 aliphatic rings. The molecule has 3 heterocycles. The minimum absolute atomic E-state index is 0.0192. The van der Waals surface area contributed by atoms with Gasteiger partial charge in [-0.05, 0) is 49.8 Å². The van der Waals surface area contributed by atoms with Crippen molar-refractivity contribution in [1.29, 1.82) is 0 Å². The van der Waals surface area contributed by atoms with E-state index in [0.717, 1.165) is 31.1 Å². The highest BCUT2D eigenvalue weighted by atomic mass is 16.5. The Kier molecular flexibility index (Phi) is 6.95. The summed E-state index contributed by atoms with van der Waals surface area (Å²) in [4.78, 5) is 22.1. The monoisotopic (exact) mass is 408 g/mol. The number of hydrogen-bond acceptors (Lipinski definition) is 4. The lowest BCUT2D eigenvalue weighted by Crippen LogP contribution is -2.47. The quantitative estimate of drug-likeness (QED) is 0.543. The molecule has 1 saturated heterocycles. The summed E-state index contributed by atoms with van der Waals surface area (Å²) in [5.41, 5.74) is 1.59. The average molecular weight is 409 g/mol. The molecule has 1 saturated carbocycles. The van der Waals surface area contributed by atoms with Crippen LogP contribution in [-0.4, -0.2) is 46.4 Å². The second kappa shape index (κ2) is 10.0. The first-order valence-electron chi connectivity index (χ1n) is 11.3. The van der Waals surface area contributed by atoms with E-state index in [-0.39, 0.29) is 5.91 Å². The van der Waals surface area contributed by atoms with Gasteiger partial charge in [0.25, 0.3) is 5.91 Å². The Balaban J connectivity index is 1.47. The van der Waals surface area contributed by atoms with E-state index in [1.165, 1.54) is 57.5 Å². The third kappa shape index (κ3) is 5.36. The molecule has 0 N–H and O–H groups in total. The Morgan fingerprint density at radius 2 is 1.93 bits per heavy atom. The molecule has 1 aliphatic carbocycles. The van der Waals surface area contributed by atoms with E-state index < -0.39 is 0 Å². The Hall–Kier alpha value is -2.47. The average Bonchev–Trinajstić information content (AvgIpc) is 2.80. The first kappa shape index (κ1) is 20.8. The molecule has 6 nitrogen and oxygen atoms in total. The zero-order valence-corrected chi connectivity index (χ0v) is 17.7. The fourth-order valence-electron chi connectivity index (χ4n) is 5.01. The van der Waals surface area contributed by atoms with Gasteiger partial charge in [-0.15, -0.1) is 0 Å². The molecule has 4 rings (SSSR count). The standard InChI is InChI=1S/C24H32N4O2/c29-24(22-10-14-28(30)15-11-22)27(17-20-6-4-12-25-16-20)19-21-7-5-13-26(18-21)23-8-2-1-3-9-23/h4,6,10-12,14-16,21,23H,1-3,5,7-9,13,17-19H2/t21-/m1/s1. The van der Waals surface area contributed by atoms with E-state index >= 15 is 0 Å². The van der Waals surface area contributed by atoms with Crippen LogP contribution in [0.15, 0.2) is 49.1 Å². The number of likely N-dealkylation sites (tertiary alicyclic amines) is 1. The molecular formula is C24H32N4O2. The number of carbonyl (C=O) groups excluding carboxylic acids is 1. The summed E-state index contributed by atoms with van der Waals surface area (Å²) >= 11 is 0. The van der Waals surface area contributed by atoms with Crippen molar-refractivity contribution >= 4 is 5.91 Å². The highest BCUT2D eigenvalue weighted by Crippen LogP contribution is 2.28. The van der Waals surface area contributed by atoms with Crippen molar-refractivity contribution in [2.75, 3.05) is 19.6 Å². The van der Waals surface area contributed by atoms with Crippen LogP contribution in [0.1, 0.15) is 60.9 Å². The van der Waals surface area contributed by atoms with Crippen molar-refractivity contribution in [3.63, 3.8) is 0 Å². The maximum atomic E-state index is 13.3. The summed E-state index contributed by atoms with van der Waals surface area (Å²) in [6.45, 7) is 3.55. The smallest absolute Gasteiger partial charge is 0.254 e. The Bertz CT molecular complexity index is 806. The van der Waals surface area contributed by atoms with Crippen LogP contribution in [0.4, 0.5) is 0 Å². The molecule has 6 heteroatoms. The van der Waals surface area contributed by atoms with Crippen LogP contribution in [0.3, 0.4) is 0 Å². The van der Waals surface area contributed by atoms with E-state index in [2.05, 4.69) is 9.88 Å². The number of pyridine rings is 2. The predicted molar refractivity (Wildman–Crippen MR) is 116 cm³/mol. The predicted octanol–water partition coefficient (Wildman–Crippen LogP) is 3.40. The summed E-state index contributed by atoms with van der Waals surface area (Å²) in [6.07, 6.45) is 15.5. The molecule has 0 aromatic carbocycles. The van der Waals surface area contributed by atoms with Crippen LogP contribution in [0.2, 0.25) is 0 Å². The number of amides is 1. The van der Waals surface area contributed by atoms with E-state index in [9.17, 15) is 10.0 Å². The first-order valence-corrected chi connectivity index (χ1v) is 11.3. The summed E-state index contributed by atoms with van der Waals surface area (Å²) in [5, 5.41) is 11.4. The minimum Gasteiger partial charge on any atom is -0.619 e. The van der Waals surface area contributed by atoms with E-state index in [1.54, 1.807) is 18.3 Å². The zero-order valence-electron chi connectivity index (χ0n) is 17.7. The molecule has 2 fully saturated rings. The number of nitrogens with zero attached hydrogens (tertiary/aromatic N) is 4. The van der Waals surface area contributed by atoms with Crippen LogP contribution in [0.25, 0.3) is 0 Å². The second-order valence-electron chi connectivity index (χ2n) is 8.79. The molecule has 2 aromatic rings. The van der Waals surface area contributed by atoms with Crippen LogP contribution >= 0.6 is 0 Å². The van der Waals surface area contributed by atoms with Gasteiger partial charge in [-0.1, -0.05) is 25.3 Å². The second-order valence-corrected chi connectivity index (χ2v) is 8.79. The lowest BCUT2D eigenvalue weighted by molar-refractivity contribution is -0.605. The van der Waals surface area contributed by atoms with Crippen molar-refractivity contribution in [1.82, 2.24) is 14.8 Å². The molecule has 1 aliphatic heterocycles. The largest absolute Gasteiger partial charge is 0.619 e. The van der Waals surface area contributed by atoms with Gasteiger partial charge in [-0.2, -0.15) is 4.73 Å². The summed E-state index contributed by atoms with van der Waals surface area (Å²) in [7, 11) is 0. The van der Waals surface area contributed by atoms with Gasteiger partial charge < -0.3 is 15.0 Å². The van der Waals surface area contributed by atoms with Crippen LogP contribution in [-0.2, 0) is 6.54 Å². The molecule has 0 spiro atoms. The highest BCUT2D eigenvalue weighted by Gasteiger charge is 2.29. The van der Waals surface area contributed by atoms with E-state index in [0.29, 0.717) is 22.8 Å². The lowest BCUT2D eigenvalue weighted by Gasteiger charge is -2.41. The maximum Gasteiger partial charge on any atom is 0.254 e. The van der Waals surface area contributed by atoms with Crippen LogP contribution < -0.4 is 4.73 Å². The highest BCUT2D eigenvalue weighted by molar-refractivity contribution is 5.93. The number of hydrogen-bond donors (Lipinski definition) is 0. The fourth-order valence-corrected chi connectivity index (χ4v) is 5.01. The molecule has 2 aromatic heterocycles. The maximum absolute atomic E-state index is 13.3. The van der Waals surface area contributed by atoms with Gasteiger partial charge in [0.15, 0.2) is 12.4 Å². The molecule has 160 valence electrons. The number of rotatable bonds is 6. The summed E-state index contributed by atoms with van der Waals surface area (Å²) in [5.74, 6) is 0.462. The van der Waals surface area contributed by atoms with Crippen LogP contribution in [0.5, 0.6) is 0 Å². The van der Waals surface area contributed by atoms with Gasteiger partial charge in [-0.3, -0.25) is 9.78 Å². The molecule has 30 heavy (non-hydrogen) atoms. The van der Waals surface area contributed by atoms with E-state index in [1.807, 2.05) is 23.2 Å². The summed E-state index contributed by atoms with van der Waals surface area (Å²) < 4.78 is 0.714. The fraction of sp³-hybridized carbons (Fsp3) is 0.542. The zero-order chi connectivity index (χ0) is 20.8. The van der Waals surface area contributed by atoms with Crippen molar-refractivity contribution in [3.05, 3.63) is 65.4 Å². The van der Waals surface area contributed by atoms with Gasteiger partial charge >= 0.3 is 0 Å². The summed E-state index contributed by atoms with van der Waals surface area (Å²) in [6, 6.07) is 7.87. The normalized spacial score (nSPS) is 20.7. The lowest BCUT2D eigenvalue weighted by atomic mass is 9.90. The molecule has 0 unspecified atom stereocenters. The third-order valence-electron chi connectivity index (χ3n) is 6.55. The number of carbonyl (C=O) groups is 1. The van der Waals surface area contributed by atoms with Crippen molar-refractivity contribution in [3.8, 4) is 0 Å². The molecule has 0 radical (unpaired) electrons. The molecular weight excluding hydrogens is 376 g/mol. The number of aromatic nitrogens is 2. The van der Waals surface area contributed by atoms with Crippen molar-refractivity contribution < 1.29 is 9.52 Å². The van der Waals surface area contributed by atoms with Gasteiger partial charge in [-0.25, -0.2) is 0 Å².